The Kier molecular flexibility index (Phi) is 5.76. The summed E-state index contributed by atoms with van der Waals surface area (Å²) in [5.74, 6) is 0.515. The highest BCUT2D eigenvalue weighted by molar-refractivity contribution is 5.79. The van der Waals surface area contributed by atoms with Crippen molar-refractivity contribution in [2.45, 2.75) is 69.3 Å². The Balaban J connectivity index is 1.30. The van der Waals surface area contributed by atoms with Gasteiger partial charge in [0.25, 0.3) is 0 Å². The fraction of sp³-hybridized carbons (Fsp3) is 0.682. The quantitative estimate of drug-likeness (QED) is 0.716. The van der Waals surface area contributed by atoms with Gasteiger partial charge in [0.15, 0.2) is 0 Å². The molecule has 1 aliphatic carbocycles. The zero-order valence-corrected chi connectivity index (χ0v) is 16.9. The largest absolute Gasteiger partial charge is 0.481 e. The third-order valence-corrected chi connectivity index (χ3v) is 6.89. The predicted molar refractivity (Wildman–Crippen MR) is 109 cm³/mol. The Morgan fingerprint density at radius 1 is 1.17 bits per heavy atom. The molecule has 0 unspecified atom stereocenters. The minimum Gasteiger partial charge on any atom is -0.481 e. The summed E-state index contributed by atoms with van der Waals surface area (Å²) in [4.78, 5) is 30.6. The molecule has 1 aromatic rings. The second kappa shape index (κ2) is 8.30. The molecule has 1 saturated carbocycles. The number of fused-ring (bicyclic) bond motifs is 1. The summed E-state index contributed by atoms with van der Waals surface area (Å²) in [6.07, 6.45) is 5.77. The van der Waals surface area contributed by atoms with Crippen molar-refractivity contribution in [2.75, 3.05) is 25.0 Å². The van der Waals surface area contributed by atoms with E-state index < -0.39 is 11.6 Å². The molecule has 1 aromatic heterocycles. The average molecular weight is 402 g/mol. The molecule has 3 N–H and O–H groups in total. The van der Waals surface area contributed by atoms with Crippen LogP contribution in [0.4, 0.5) is 5.82 Å². The van der Waals surface area contributed by atoms with Crippen molar-refractivity contribution >= 4 is 17.7 Å². The Hall–Kier alpha value is -2.15. The number of aromatic nitrogens is 1. The van der Waals surface area contributed by atoms with Crippen molar-refractivity contribution < 1.29 is 19.8 Å². The molecule has 0 aromatic carbocycles. The van der Waals surface area contributed by atoms with Gasteiger partial charge in [-0.25, -0.2) is 4.98 Å². The molecular formula is C22H31N3O4. The number of nitrogens with zero attached hydrogens (tertiary/aromatic N) is 2. The topological polar surface area (TPSA) is 103 Å². The number of carbonyl (C=O) groups is 2. The second-order valence-corrected chi connectivity index (χ2v) is 8.94. The lowest BCUT2D eigenvalue weighted by Gasteiger charge is -2.38. The van der Waals surface area contributed by atoms with E-state index in [0.717, 1.165) is 56.8 Å². The molecule has 0 spiro atoms. The minimum atomic E-state index is -1.15. The van der Waals surface area contributed by atoms with E-state index in [1.165, 1.54) is 5.56 Å². The number of amides is 1. The van der Waals surface area contributed by atoms with Crippen LogP contribution in [0, 0.1) is 5.92 Å². The van der Waals surface area contributed by atoms with Gasteiger partial charge < -0.3 is 20.4 Å². The average Bonchev–Trinajstić information content (AvgIpc) is 2.73. The lowest BCUT2D eigenvalue weighted by atomic mass is 9.76. The van der Waals surface area contributed by atoms with E-state index in [1.807, 2.05) is 4.90 Å². The number of aliphatic hydroxyl groups is 1. The number of carboxylic acid groups (broad SMARTS) is 1. The third kappa shape index (κ3) is 4.55. The van der Waals surface area contributed by atoms with Gasteiger partial charge in [-0.15, -0.1) is 0 Å². The van der Waals surface area contributed by atoms with Gasteiger partial charge in [-0.2, -0.15) is 0 Å². The van der Waals surface area contributed by atoms with Crippen LogP contribution >= 0.6 is 0 Å². The van der Waals surface area contributed by atoms with Crippen LogP contribution in [-0.4, -0.2) is 57.2 Å². The van der Waals surface area contributed by atoms with Gasteiger partial charge in [-0.05, 0) is 63.0 Å². The van der Waals surface area contributed by atoms with Crippen LogP contribution in [-0.2, 0) is 16.0 Å². The molecule has 0 bridgehead atoms. The summed E-state index contributed by atoms with van der Waals surface area (Å²) in [7, 11) is 0. The van der Waals surface area contributed by atoms with Crippen LogP contribution in [0.2, 0.25) is 0 Å². The van der Waals surface area contributed by atoms with Crippen molar-refractivity contribution in [1.82, 2.24) is 9.88 Å². The molecular weight excluding hydrogens is 370 g/mol. The minimum absolute atomic E-state index is 0.0910. The van der Waals surface area contributed by atoms with Crippen LogP contribution in [0.1, 0.15) is 68.5 Å². The summed E-state index contributed by atoms with van der Waals surface area (Å²) in [6.45, 7) is 2.47. The Labute approximate surface area is 171 Å². The number of aliphatic carboxylic acids is 1. The SMILES string of the molecule is O=C(O)CC1(O)CCC(C(=O)N2CCC(c3ccc4c(n3)NCCC4)CC2)CC1. The molecule has 0 atom stereocenters. The molecule has 29 heavy (non-hydrogen) atoms. The Bertz CT molecular complexity index is 765. The number of hydrogen-bond acceptors (Lipinski definition) is 5. The van der Waals surface area contributed by atoms with E-state index in [0.29, 0.717) is 31.6 Å². The molecule has 3 aliphatic rings. The van der Waals surface area contributed by atoms with Crippen LogP contribution in [0.3, 0.4) is 0 Å². The van der Waals surface area contributed by atoms with Gasteiger partial charge in [-0.1, -0.05) is 6.07 Å². The maximum Gasteiger partial charge on any atom is 0.306 e. The first kappa shape index (κ1) is 20.1. The molecule has 1 amide bonds. The van der Waals surface area contributed by atoms with Crippen molar-refractivity contribution in [1.29, 1.82) is 0 Å². The van der Waals surface area contributed by atoms with E-state index in [-0.39, 0.29) is 18.2 Å². The normalized spacial score (nSPS) is 27.8. The monoisotopic (exact) mass is 401 g/mol. The number of likely N-dealkylation sites (tertiary alicyclic amines) is 1. The van der Waals surface area contributed by atoms with Gasteiger partial charge in [-0.3, -0.25) is 9.59 Å². The molecule has 2 aliphatic heterocycles. The number of piperidine rings is 1. The standard InChI is InChI=1S/C22H31N3O4/c26-19(27)14-22(29)9-5-17(6-10-22)21(28)25-12-7-15(8-13-25)18-4-3-16-2-1-11-23-20(16)24-18/h3-4,15,17,29H,1-2,5-14H2,(H,23,24)(H,26,27). The fourth-order valence-corrected chi connectivity index (χ4v) is 5.09. The zero-order valence-electron chi connectivity index (χ0n) is 16.9. The van der Waals surface area contributed by atoms with Crippen LogP contribution in [0.15, 0.2) is 12.1 Å². The molecule has 4 rings (SSSR count). The summed E-state index contributed by atoms with van der Waals surface area (Å²) in [5.41, 5.74) is 1.27. The van der Waals surface area contributed by atoms with Crippen molar-refractivity contribution in [3.8, 4) is 0 Å². The van der Waals surface area contributed by atoms with Gasteiger partial charge in [0.05, 0.1) is 12.0 Å². The number of rotatable bonds is 4. The number of anilines is 1. The van der Waals surface area contributed by atoms with Crippen molar-refractivity contribution in [3.05, 3.63) is 23.4 Å². The van der Waals surface area contributed by atoms with E-state index in [1.54, 1.807) is 0 Å². The summed E-state index contributed by atoms with van der Waals surface area (Å²) < 4.78 is 0. The summed E-state index contributed by atoms with van der Waals surface area (Å²) in [6, 6.07) is 4.35. The van der Waals surface area contributed by atoms with Crippen LogP contribution < -0.4 is 5.32 Å². The van der Waals surface area contributed by atoms with E-state index >= 15 is 0 Å². The van der Waals surface area contributed by atoms with Gasteiger partial charge in [0.1, 0.15) is 5.82 Å². The smallest absolute Gasteiger partial charge is 0.306 e. The van der Waals surface area contributed by atoms with Crippen molar-refractivity contribution in [3.63, 3.8) is 0 Å². The predicted octanol–water partition coefficient (Wildman–Crippen LogP) is 2.54. The van der Waals surface area contributed by atoms with E-state index in [9.17, 15) is 14.7 Å². The third-order valence-electron chi connectivity index (χ3n) is 6.89. The number of hydrogen-bond donors (Lipinski definition) is 3. The lowest BCUT2D eigenvalue weighted by Crippen LogP contribution is -2.45. The number of nitrogens with one attached hydrogen (secondary N) is 1. The summed E-state index contributed by atoms with van der Waals surface area (Å²) in [5, 5.41) is 22.7. The highest BCUT2D eigenvalue weighted by atomic mass is 16.4. The van der Waals surface area contributed by atoms with Crippen LogP contribution in [0.5, 0.6) is 0 Å². The van der Waals surface area contributed by atoms with E-state index in [4.69, 9.17) is 10.1 Å². The first-order valence-electron chi connectivity index (χ1n) is 10.9. The maximum atomic E-state index is 12.9. The molecule has 7 heteroatoms. The fourth-order valence-electron chi connectivity index (χ4n) is 5.09. The molecule has 158 valence electrons. The molecule has 1 saturated heterocycles. The van der Waals surface area contributed by atoms with Gasteiger partial charge in [0, 0.05) is 37.2 Å². The Morgan fingerprint density at radius 3 is 2.59 bits per heavy atom. The van der Waals surface area contributed by atoms with E-state index in [2.05, 4.69) is 17.4 Å². The summed E-state index contributed by atoms with van der Waals surface area (Å²) >= 11 is 0. The maximum absolute atomic E-state index is 12.9. The van der Waals surface area contributed by atoms with Gasteiger partial charge >= 0.3 is 5.97 Å². The molecule has 3 heterocycles. The first-order chi connectivity index (χ1) is 13.9. The zero-order chi connectivity index (χ0) is 20.4. The number of pyridine rings is 1. The molecule has 7 nitrogen and oxygen atoms in total. The Morgan fingerprint density at radius 2 is 1.90 bits per heavy atom. The number of carbonyl (C=O) groups excluding carboxylic acids is 1. The molecule has 2 fully saturated rings. The number of aryl methyl sites for hydroxylation is 1. The van der Waals surface area contributed by atoms with Crippen molar-refractivity contribution in [2.24, 2.45) is 5.92 Å². The van der Waals surface area contributed by atoms with Gasteiger partial charge in [0.2, 0.25) is 5.91 Å². The highest BCUT2D eigenvalue weighted by Gasteiger charge is 2.39. The lowest BCUT2D eigenvalue weighted by molar-refractivity contribution is -0.146. The second-order valence-electron chi connectivity index (χ2n) is 8.94. The van der Waals surface area contributed by atoms with Crippen LogP contribution in [0.25, 0.3) is 0 Å². The number of carboxylic acids is 1. The highest BCUT2D eigenvalue weighted by Crippen LogP contribution is 2.36. The first-order valence-corrected chi connectivity index (χ1v) is 10.9. The molecule has 0 radical (unpaired) electrons.